The molecule has 0 radical (unpaired) electrons. The Morgan fingerprint density at radius 2 is 2.24 bits per heavy atom. The summed E-state index contributed by atoms with van der Waals surface area (Å²) in [6.07, 6.45) is 0. The molecule has 0 saturated heterocycles. The minimum absolute atomic E-state index is 0.591. The molecule has 90 valence electrons. The van der Waals surface area contributed by atoms with Crippen molar-refractivity contribution in [3.8, 4) is 11.4 Å². The van der Waals surface area contributed by atoms with E-state index in [1.165, 1.54) is 4.80 Å². The molecule has 6 nitrogen and oxygen atoms in total. The first-order valence-corrected chi connectivity index (χ1v) is 5.33. The van der Waals surface area contributed by atoms with Crippen molar-refractivity contribution in [2.24, 2.45) is 0 Å². The van der Waals surface area contributed by atoms with E-state index in [4.69, 9.17) is 4.74 Å². The summed E-state index contributed by atoms with van der Waals surface area (Å²) in [5, 5.41) is 15.2. The first kappa shape index (κ1) is 11.5. The zero-order chi connectivity index (χ0) is 12.3. The number of tetrazole rings is 1. The summed E-state index contributed by atoms with van der Waals surface area (Å²) >= 11 is 0. The zero-order valence-electron chi connectivity index (χ0n) is 10.1. The second-order valence-corrected chi connectivity index (χ2v) is 3.70. The number of aryl methyl sites for hydroxylation is 1. The Bertz CT molecular complexity index is 508. The van der Waals surface area contributed by atoms with E-state index in [9.17, 15) is 0 Å². The molecule has 0 amide bonds. The fourth-order valence-corrected chi connectivity index (χ4v) is 1.53. The van der Waals surface area contributed by atoms with Crippen molar-refractivity contribution in [1.82, 2.24) is 25.5 Å². The van der Waals surface area contributed by atoms with Crippen LogP contribution in [-0.4, -0.2) is 34.4 Å². The van der Waals surface area contributed by atoms with E-state index in [0.29, 0.717) is 12.4 Å². The molecule has 17 heavy (non-hydrogen) atoms. The Hall–Kier alpha value is -1.95. The molecule has 0 atom stereocenters. The van der Waals surface area contributed by atoms with Crippen molar-refractivity contribution in [2.75, 3.05) is 14.2 Å². The Morgan fingerprint density at radius 3 is 2.94 bits per heavy atom. The van der Waals surface area contributed by atoms with Gasteiger partial charge in [-0.2, -0.15) is 0 Å². The van der Waals surface area contributed by atoms with Crippen LogP contribution in [0.1, 0.15) is 11.4 Å². The molecule has 0 spiro atoms. The molecule has 1 N–H and O–H groups in total. The molecule has 6 heteroatoms. The van der Waals surface area contributed by atoms with Crippen molar-refractivity contribution >= 4 is 0 Å². The lowest BCUT2D eigenvalue weighted by molar-refractivity contribution is 0.409. The van der Waals surface area contributed by atoms with Crippen molar-refractivity contribution < 1.29 is 4.74 Å². The van der Waals surface area contributed by atoms with Crippen molar-refractivity contribution in [3.63, 3.8) is 0 Å². The largest absolute Gasteiger partial charge is 0.494 e. The Labute approximate surface area is 99.6 Å². The van der Waals surface area contributed by atoms with Gasteiger partial charge < -0.3 is 10.1 Å². The molecule has 2 aromatic rings. The van der Waals surface area contributed by atoms with Crippen LogP contribution in [0.5, 0.6) is 5.75 Å². The van der Waals surface area contributed by atoms with Gasteiger partial charge in [0.05, 0.1) is 13.7 Å². The highest BCUT2D eigenvalue weighted by Gasteiger charge is 2.09. The predicted octanol–water partition coefficient (Wildman–Crippen LogP) is 0.699. The number of benzene rings is 1. The lowest BCUT2D eigenvalue weighted by Crippen LogP contribution is -2.07. The zero-order valence-corrected chi connectivity index (χ0v) is 10.1. The number of rotatable bonds is 4. The minimum Gasteiger partial charge on any atom is -0.494 e. The number of aromatic nitrogens is 4. The summed E-state index contributed by atoms with van der Waals surface area (Å²) in [7, 11) is 3.47. The summed E-state index contributed by atoms with van der Waals surface area (Å²) in [4.78, 5) is 1.48. The number of methoxy groups -OCH3 is 1. The molecular formula is C11H15N5O. The van der Waals surface area contributed by atoms with Gasteiger partial charge in [0.25, 0.3) is 0 Å². The van der Waals surface area contributed by atoms with Crippen LogP contribution in [0, 0.1) is 6.92 Å². The number of hydrogen-bond donors (Lipinski definition) is 1. The van der Waals surface area contributed by atoms with E-state index >= 15 is 0 Å². The minimum atomic E-state index is 0.591. The first-order chi connectivity index (χ1) is 8.24. The van der Waals surface area contributed by atoms with Crippen LogP contribution in [-0.2, 0) is 6.54 Å². The van der Waals surface area contributed by atoms with Gasteiger partial charge in [-0.3, -0.25) is 0 Å². The van der Waals surface area contributed by atoms with Gasteiger partial charge in [0.2, 0.25) is 0 Å². The summed E-state index contributed by atoms with van der Waals surface area (Å²) in [6.45, 7) is 2.60. The van der Waals surface area contributed by atoms with E-state index in [1.807, 2.05) is 32.2 Å². The van der Waals surface area contributed by atoms with E-state index < -0.39 is 0 Å². The van der Waals surface area contributed by atoms with Crippen LogP contribution in [0.3, 0.4) is 0 Å². The van der Waals surface area contributed by atoms with Crippen molar-refractivity contribution in [3.05, 3.63) is 29.6 Å². The lowest BCUT2D eigenvalue weighted by Gasteiger charge is -2.07. The molecule has 1 aromatic heterocycles. The smallest absolute Gasteiger partial charge is 0.188 e. The fraction of sp³-hybridized carbons (Fsp3) is 0.364. The normalized spacial score (nSPS) is 10.5. The molecule has 0 aliphatic rings. The second kappa shape index (κ2) is 4.92. The van der Waals surface area contributed by atoms with Gasteiger partial charge in [0, 0.05) is 0 Å². The number of nitrogens with one attached hydrogen (secondary N) is 1. The highest BCUT2D eigenvalue weighted by Crippen LogP contribution is 2.22. The van der Waals surface area contributed by atoms with Gasteiger partial charge in [0.15, 0.2) is 5.82 Å². The maximum Gasteiger partial charge on any atom is 0.188 e. The topological polar surface area (TPSA) is 64.9 Å². The number of hydrogen-bond acceptors (Lipinski definition) is 5. The molecule has 1 aromatic carbocycles. The van der Waals surface area contributed by atoms with E-state index in [0.717, 1.165) is 17.0 Å². The van der Waals surface area contributed by atoms with Gasteiger partial charge in [-0.25, -0.2) is 0 Å². The van der Waals surface area contributed by atoms with E-state index in [1.54, 1.807) is 7.11 Å². The summed E-state index contributed by atoms with van der Waals surface area (Å²) in [5.74, 6) is 1.38. The second-order valence-electron chi connectivity index (χ2n) is 3.70. The summed E-state index contributed by atoms with van der Waals surface area (Å²) in [6, 6.07) is 5.84. The maximum atomic E-state index is 5.28. The van der Waals surface area contributed by atoms with Crippen LogP contribution in [0.2, 0.25) is 0 Å². The highest BCUT2D eigenvalue weighted by atomic mass is 16.5. The number of nitrogens with zero attached hydrogens (tertiary/aromatic N) is 4. The summed E-state index contributed by atoms with van der Waals surface area (Å²) < 4.78 is 5.28. The van der Waals surface area contributed by atoms with Gasteiger partial charge >= 0.3 is 0 Å². The predicted molar refractivity (Wildman–Crippen MR) is 63.2 cm³/mol. The molecule has 0 saturated carbocycles. The van der Waals surface area contributed by atoms with Crippen LogP contribution < -0.4 is 10.1 Å². The molecule has 0 aliphatic carbocycles. The van der Waals surface area contributed by atoms with Crippen LogP contribution in [0.4, 0.5) is 0 Å². The molecule has 0 aliphatic heterocycles. The van der Waals surface area contributed by atoms with Gasteiger partial charge in [-0.15, -0.1) is 15.0 Å². The molecule has 2 rings (SSSR count). The van der Waals surface area contributed by atoms with Gasteiger partial charge in [-0.05, 0) is 36.9 Å². The monoisotopic (exact) mass is 233 g/mol. The lowest BCUT2D eigenvalue weighted by atomic mass is 10.2. The average Bonchev–Trinajstić information content (AvgIpc) is 2.78. The molecule has 0 unspecified atom stereocenters. The van der Waals surface area contributed by atoms with Crippen LogP contribution in [0.15, 0.2) is 18.2 Å². The van der Waals surface area contributed by atoms with E-state index in [2.05, 4.69) is 20.7 Å². The third-order valence-corrected chi connectivity index (χ3v) is 2.34. The summed E-state index contributed by atoms with van der Waals surface area (Å²) in [5.41, 5.74) is 1.91. The SMILES string of the molecule is CNCc1nnn(-c2cc(C)ccc2OC)n1. The first-order valence-electron chi connectivity index (χ1n) is 5.33. The molecular weight excluding hydrogens is 218 g/mol. The quantitative estimate of drug-likeness (QED) is 0.842. The Balaban J connectivity index is 2.40. The van der Waals surface area contributed by atoms with Gasteiger partial charge in [-0.1, -0.05) is 6.07 Å². The van der Waals surface area contributed by atoms with Crippen LogP contribution in [0.25, 0.3) is 5.69 Å². The third-order valence-electron chi connectivity index (χ3n) is 2.34. The fourth-order valence-electron chi connectivity index (χ4n) is 1.53. The third kappa shape index (κ3) is 2.42. The highest BCUT2D eigenvalue weighted by molar-refractivity contribution is 5.47. The standard InChI is InChI=1S/C11H15N5O/c1-8-4-5-10(17-3)9(6-8)16-14-11(7-12-2)13-15-16/h4-6,12H,7H2,1-3H3. The Kier molecular flexibility index (Phi) is 3.34. The maximum absolute atomic E-state index is 5.28. The molecule has 1 heterocycles. The van der Waals surface area contributed by atoms with Gasteiger partial charge in [0.1, 0.15) is 11.4 Å². The van der Waals surface area contributed by atoms with Crippen molar-refractivity contribution in [1.29, 1.82) is 0 Å². The Morgan fingerprint density at radius 1 is 1.41 bits per heavy atom. The van der Waals surface area contributed by atoms with Crippen molar-refractivity contribution in [2.45, 2.75) is 13.5 Å². The van der Waals surface area contributed by atoms with Crippen LogP contribution >= 0.6 is 0 Å². The van der Waals surface area contributed by atoms with E-state index in [-0.39, 0.29) is 0 Å². The average molecular weight is 233 g/mol. The molecule has 0 fully saturated rings. The molecule has 0 bridgehead atoms. The number of ether oxygens (including phenoxy) is 1.